The summed E-state index contributed by atoms with van der Waals surface area (Å²) in [6.45, 7) is 0. The molecule has 0 aliphatic carbocycles. The number of carbonyl (C=O) groups is 1. The molecule has 6 heteroatoms. The molecular weight excluding hydrogens is 280 g/mol. The van der Waals surface area contributed by atoms with E-state index in [9.17, 15) is 4.79 Å². The Hall–Kier alpha value is -0.750. The average molecular weight is 289 g/mol. The maximum absolute atomic E-state index is 11.5. The van der Waals surface area contributed by atoms with Crippen molar-refractivity contribution in [1.29, 1.82) is 0 Å². The van der Waals surface area contributed by atoms with Crippen molar-refractivity contribution in [3.8, 4) is 5.75 Å². The van der Waals surface area contributed by atoms with Gasteiger partial charge < -0.3 is 10.1 Å². The van der Waals surface area contributed by atoms with Gasteiger partial charge in [0.2, 0.25) is 0 Å². The number of thiol groups is 1. The van der Waals surface area contributed by atoms with Crippen LogP contribution in [0.2, 0.25) is 0 Å². The summed E-state index contributed by atoms with van der Waals surface area (Å²) in [5.41, 5.74) is 0. The summed E-state index contributed by atoms with van der Waals surface area (Å²) in [6.07, 6.45) is 1.73. The highest BCUT2D eigenvalue weighted by molar-refractivity contribution is 9.10. The molecule has 1 aromatic heterocycles. The number of carbonyl (C=O) groups excluding carboxylic acids is 1. The third kappa shape index (κ3) is 2.26. The Bertz CT molecular complexity index is 400. The van der Waals surface area contributed by atoms with E-state index >= 15 is 0 Å². The minimum absolute atomic E-state index is 0.161. The third-order valence-electron chi connectivity index (χ3n) is 2.01. The van der Waals surface area contributed by atoms with Crippen LogP contribution in [0.4, 0.5) is 5.82 Å². The molecule has 1 atom stereocenters. The maximum Gasteiger partial charge on any atom is 0.266 e. The van der Waals surface area contributed by atoms with Gasteiger partial charge in [0.25, 0.3) is 5.91 Å². The number of aromatic nitrogens is 1. The molecule has 0 saturated heterocycles. The van der Waals surface area contributed by atoms with E-state index in [0.29, 0.717) is 23.7 Å². The summed E-state index contributed by atoms with van der Waals surface area (Å²) in [7, 11) is 0. The molecule has 0 aromatic carbocycles. The average Bonchev–Trinajstić information content (AvgIpc) is 2.20. The molecular formula is C9H9BrN2O2S. The zero-order chi connectivity index (χ0) is 10.8. The van der Waals surface area contributed by atoms with Gasteiger partial charge in [-0.15, -0.1) is 0 Å². The van der Waals surface area contributed by atoms with Gasteiger partial charge in [-0.25, -0.2) is 4.98 Å². The van der Waals surface area contributed by atoms with Crippen LogP contribution in [0.15, 0.2) is 16.7 Å². The van der Waals surface area contributed by atoms with E-state index in [4.69, 9.17) is 4.74 Å². The van der Waals surface area contributed by atoms with Crippen molar-refractivity contribution < 1.29 is 9.53 Å². The van der Waals surface area contributed by atoms with Crippen molar-refractivity contribution in [3.05, 3.63) is 16.7 Å². The highest BCUT2D eigenvalue weighted by atomic mass is 79.9. The quantitative estimate of drug-likeness (QED) is 0.817. The number of hydrogen-bond acceptors (Lipinski definition) is 4. The molecule has 0 bridgehead atoms. The fourth-order valence-corrected chi connectivity index (χ4v) is 1.86. The van der Waals surface area contributed by atoms with Gasteiger partial charge in [-0.2, -0.15) is 12.6 Å². The number of anilines is 1. The Morgan fingerprint density at radius 1 is 1.67 bits per heavy atom. The van der Waals surface area contributed by atoms with E-state index in [1.807, 2.05) is 0 Å². The van der Waals surface area contributed by atoms with Crippen LogP contribution in [-0.4, -0.2) is 22.7 Å². The highest BCUT2D eigenvalue weighted by Crippen LogP contribution is 2.30. The van der Waals surface area contributed by atoms with E-state index in [1.54, 1.807) is 12.3 Å². The predicted octanol–water partition coefficient (Wildman–Crippen LogP) is 1.86. The number of pyridine rings is 1. The first-order valence-electron chi connectivity index (χ1n) is 4.44. The number of hydrogen-bond donors (Lipinski definition) is 2. The molecule has 1 aromatic rings. The Balaban J connectivity index is 2.26. The molecule has 1 amide bonds. The first kappa shape index (κ1) is 10.8. The topological polar surface area (TPSA) is 51.2 Å². The molecule has 1 aliphatic heterocycles. The molecule has 0 radical (unpaired) electrons. The molecule has 2 heterocycles. The third-order valence-corrected chi connectivity index (χ3v) is 2.71. The van der Waals surface area contributed by atoms with E-state index in [1.165, 1.54) is 0 Å². The molecule has 80 valence electrons. The van der Waals surface area contributed by atoms with Crippen molar-refractivity contribution in [2.75, 3.05) is 11.1 Å². The lowest BCUT2D eigenvalue weighted by Crippen LogP contribution is -2.37. The molecule has 2 rings (SSSR count). The Kier molecular flexibility index (Phi) is 3.16. The normalized spacial score (nSPS) is 19.1. The minimum atomic E-state index is -0.467. The second kappa shape index (κ2) is 4.40. The van der Waals surface area contributed by atoms with Gasteiger partial charge in [-0.05, 0) is 27.7 Å². The van der Waals surface area contributed by atoms with Gasteiger partial charge in [0.05, 0.1) is 0 Å². The number of nitrogens with zero attached hydrogens (tertiary/aromatic N) is 1. The summed E-state index contributed by atoms with van der Waals surface area (Å²) in [6, 6.07) is 1.79. The van der Waals surface area contributed by atoms with Crippen LogP contribution < -0.4 is 10.1 Å². The van der Waals surface area contributed by atoms with E-state index in [0.717, 1.165) is 4.47 Å². The smallest absolute Gasteiger partial charge is 0.266 e. The standard InChI is InChI=1S/C9H9BrN2O2S/c10-5-3-7-8(11-4-5)12-9(13)6(14-7)1-2-15/h3-4,6,15H,1-2H2,(H,11,12,13). The lowest BCUT2D eigenvalue weighted by Gasteiger charge is -2.24. The van der Waals surface area contributed by atoms with E-state index in [-0.39, 0.29) is 5.91 Å². The molecule has 0 saturated carbocycles. The number of halogens is 1. The minimum Gasteiger partial charge on any atom is -0.477 e. The van der Waals surface area contributed by atoms with Gasteiger partial charge in [-0.1, -0.05) is 0 Å². The fraction of sp³-hybridized carbons (Fsp3) is 0.333. The summed E-state index contributed by atoms with van der Waals surface area (Å²) in [5.74, 6) is 1.51. The van der Waals surface area contributed by atoms with Gasteiger partial charge in [0.1, 0.15) is 0 Å². The van der Waals surface area contributed by atoms with Crippen LogP contribution in [0.25, 0.3) is 0 Å². The summed E-state index contributed by atoms with van der Waals surface area (Å²) >= 11 is 7.37. The van der Waals surface area contributed by atoms with Crippen LogP contribution in [0.1, 0.15) is 6.42 Å². The van der Waals surface area contributed by atoms with Crippen LogP contribution in [0.3, 0.4) is 0 Å². The van der Waals surface area contributed by atoms with Gasteiger partial charge in [-0.3, -0.25) is 4.79 Å². The van der Waals surface area contributed by atoms with Crippen LogP contribution in [-0.2, 0) is 4.79 Å². The molecule has 0 spiro atoms. The van der Waals surface area contributed by atoms with Gasteiger partial charge in [0.15, 0.2) is 17.7 Å². The number of nitrogens with one attached hydrogen (secondary N) is 1. The summed E-state index contributed by atoms with van der Waals surface area (Å²) < 4.78 is 6.33. The summed E-state index contributed by atoms with van der Waals surface area (Å²) in [5, 5.41) is 2.69. The van der Waals surface area contributed by atoms with Crippen LogP contribution >= 0.6 is 28.6 Å². The van der Waals surface area contributed by atoms with Crippen molar-refractivity contribution in [2.45, 2.75) is 12.5 Å². The molecule has 1 aliphatic rings. The predicted molar refractivity (Wildman–Crippen MR) is 63.5 cm³/mol. The van der Waals surface area contributed by atoms with Crippen molar-refractivity contribution in [1.82, 2.24) is 4.98 Å². The second-order valence-corrected chi connectivity index (χ2v) is 4.47. The first-order valence-corrected chi connectivity index (χ1v) is 5.87. The molecule has 4 nitrogen and oxygen atoms in total. The van der Waals surface area contributed by atoms with Crippen LogP contribution in [0, 0.1) is 0 Å². The maximum atomic E-state index is 11.5. The zero-order valence-corrected chi connectivity index (χ0v) is 10.2. The molecule has 1 N–H and O–H groups in total. The zero-order valence-electron chi connectivity index (χ0n) is 7.74. The molecule has 0 fully saturated rings. The number of ether oxygens (including phenoxy) is 1. The number of amides is 1. The lowest BCUT2D eigenvalue weighted by molar-refractivity contribution is -0.123. The lowest BCUT2D eigenvalue weighted by atomic mass is 10.2. The van der Waals surface area contributed by atoms with Crippen molar-refractivity contribution in [3.63, 3.8) is 0 Å². The van der Waals surface area contributed by atoms with Crippen molar-refractivity contribution >= 4 is 40.3 Å². The first-order chi connectivity index (χ1) is 7.20. The highest BCUT2D eigenvalue weighted by Gasteiger charge is 2.27. The van der Waals surface area contributed by atoms with E-state index in [2.05, 4.69) is 38.9 Å². The Morgan fingerprint density at radius 3 is 3.20 bits per heavy atom. The van der Waals surface area contributed by atoms with E-state index < -0.39 is 6.10 Å². The van der Waals surface area contributed by atoms with Gasteiger partial charge in [0, 0.05) is 17.1 Å². The molecule has 15 heavy (non-hydrogen) atoms. The fourth-order valence-electron chi connectivity index (χ4n) is 1.32. The SMILES string of the molecule is O=C1Nc2ncc(Br)cc2OC1CCS. The summed E-state index contributed by atoms with van der Waals surface area (Å²) in [4.78, 5) is 15.6. The van der Waals surface area contributed by atoms with Crippen molar-refractivity contribution in [2.24, 2.45) is 0 Å². The second-order valence-electron chi connectivity index (χ2n) is 3.11. The van der Waals surface area contributed by atoms with Crippen LogP contribution in [0.5, 0.6) is 5.75 Å². The number of fused-ring (bicyclic) bond motifs is 1. The molecule has 1 unspecified atom stereocenters. The van der Waals surface area contributed by atoms with Gasteiger partial charge >= 0.3 is 0 Å². The Labute approximate surface area is 101 Å². The number of rotatable bonds is 2. The Morgan fingerprint density at radius 2 is 2.47 bits per heavy atom. The monoisotopic (exact) mass is 288 g/mol. The largest absolute Gasteiger partial charge is 0.477 e.